The summed E-state index contributed by atoms with van der Waals surface area (Å²) in [5.41, 5.74) is 0.845. The van der Waals surface area contributed by atoms with Gasteiger partial charge in [0.05, 0.1) is 17.1 Å². The summed E-state index contributed by atoms with van der Waals surface area (Å²) in [4.78, 5) is 17.4. The first-order chi connectivity index (χ1) is 15.7. The molecule has 0 aliphatic carbocycles. The molecule has 2 heterocycles. The molecular weight excluding hydrogens is 440 g/mol. The van der Waals surface area contributed by atoms with E-state index in [1.54, 1.807) is 23.1 Å². The maximum atomic E-state index is 13.3. The molecule has 1 fully saturated rings. The minimum Gasteiger partial charge on any atom is -0.360 e. The van der Waals surface area contributed by atoms with Crippen LogP contribution in [0.15, 0.2) is 57.9 Å². The Morgan fingerprint density at radius 1 is 1.06 bits per heavy atom. The first-order valence-electron chi connectivity index (χ1n) is 11.2. The molecule has 0 bridgehead atoms. The lowest BCUT2D eigenvalue weighted by Gasteiger charge is -2.36. The number of piperazine rings is 1. The second-order valence-electron chi connectivity index (χ2n) is 8.89. The Kier molecular flexibility index (Phi) is 6.83. The minimum absolute atomic E-state index is 0.159. The highest BCUT2D eigenvalue weighted by molar-refractivity contribution is 7.89. The molecule has 1 aromatic heterocycles. The van der Waals surface area contributed by atoms with E-state index < -0.39 is 16.1 Å². The van der Waals surface area contributed by atoms with Gasteiger partial charge in [0, 0.05) is 32.2 Å². The zero-order valence-corrected chi connectivity index (χ0v) is 20.0. The second-order valence-corrected chi connectivity index (χ2v) is 10.6. The summed E-state index contributed by atoms with van der Waals surface area (Å²) in [6, 6.07) is 13.7. The molecule has 33 heavy (non-hydrogen) atoms. The highest BCUT2D eigenvalue weighted by Gasteiger charge is 2.33. The fraction of sp³-hybridized carbons (Fsp3) is 0.417. The molecule has 8 nitrogen and oxygen atoms in total. The SMILES string of the molecule is Cc1cc(CN2CCN(C(=O)C(NS(=O)(=O)c3ccc4ccccc4c3)C(C)C)CC2)on1. The van der Waals surface area contributed by atoms with Crippen LogP contribution in [0, 0.1) is 12.8 Å². The summed E-state index contributed by atoms with van der Waals surface area (Å²) in [5.74, 6) is 0.419. The van der Waals surface area contributed by atoms with E-state index in [9.17, 15) is 13.2 Å². The van der Waals surface area contributed by atoms with Gasteiger partial charge in [-0.2, -0.15) is 4.72 Å². The van der Waals surface area contributed by atoms with Gasteiger partial charge in [0.2, 0.25) is 15.9 Å². The Bertz CT molecular complexity index is 1230. The minimum atomic E-state index is -3.86. The third kappa shape index (κ3) is 5.43. The van der Waals surface area contributed by atoms with E-state index in [-0.39, 0.29) is 16.7 Å². The van der Waals surface area contributed by atoms with Gasteiger partial charge in [-0.15, -0.1) is 0 Å². The molecule has 1 N–H and O–H groups in total. The lowest BCUT2D eigenvalue weighted by molar-refractivity contribution is -0.135. The third-order valence-corrected chi connectivity index (χ3v) is 7.43. The van der Waals surface area contributed by atoms with Crippen molar-refractivity contribution in [1.29, 1.82) is 0 Å². The molecule has 3 aromatic rings. The van der Waals surface area contributed by atoms with E-state index in [4.69, 9.17) is 4.52 Å². The number of rotatable bonds is 7. The second kappa shape index (κ2) is 9.62. The molecule has 1 aliphatic rings. The van der Waals surface area contributed by atoms with E-state index in [1.807, 2.05) is 51.1 Å². The van der Waals surface area contributed by atoms with Gasteiger partial charge in [-0.3, -0.25) is 9.69 Å². The van der Waals surface area contributed by atoms with Crippen LogP contribution in [0.2, 0.25) is 0 Å². The molecule has 176 valence electrons. The molecular formula is C24H30N4O4S. The summed E-state index contributed by atoms with van der Waals surface area (Å²) in [6.07, 6.45) is 0. The van der Waals surface area contributed by atoms with Crippen LogP contribution in [0.3, 0.4) is 0 Å². The zero-order chi connectivity index (χ0) is 23.6. The number of benzene rings is 2. The Morgan fingerprint density at radius 3 is 2.39 bits per heavy atom. The standard InChI is InChI=1S/C24H30N4O4S/c1-17(2)23(26-33(30,31)22-9-8-19-6-4-5-7-20(19)15-22)24(29)28-12-10-27(11-13-28)16-21-14-18(3)25-32-21/h4-9,14-15,17,23,26H,10-13,16H2,1-3H3. The van der Waals surface area contributed by atoms with Crippen LogP contribution in [0.25, 0.3) is 10.8 Å². The number of hydrogen-bond acceptors (Lipinski definition) is 6. The molecule has 9 heteroatoms. The van der Waals surface area contributed by atoms with Crippen molar-refractivity contribution in [2.24, 2.45) is 5.92 Å². The highest BCUT2D eigenvalue weighted by Crippen LogP contribution is 2.20. The Labute approximate surface area is 194 Å². The number of carbonyl (C=O) groups excluding carboxylic acids is 1. The molecule has 1 unspecified atom stereocenters. The predicted molar refractivity (Wildman–Crippen MR) is 126 cm³/mol. The normalized spacial score (nSPS) is 16.4. The van der Waals surface area contributed by atoms with E-state index in [0.717, 1.165) is 22.2 Å². The fourth-order valence-electron chi connectivity index (χ4n) is 4.08. The van der Waals surface area contributed by atoms with Gasteiger partial charge < -0.3 is 9.42 Å². The molecule has 1 atom stereocenters. The Morgan fingerprint density at radius 2 is 1.76 bits per heavy atom. The van der Waals surface area contributed by atoms with Crippen LogP contribution >= 0.6 is 0 Å². The number of nitrogens with zero attached hydrogens (tertiary/aromatic N) is 3. The number of hydrogen-bond donors (Lipinski definition) is 1. The van der Waals surface area contributed by atoms with Crippen molar-refractivity contribution >= 4 is 26.7 Å². The van der Waals surface area contributed by atoms with Crippen molar-refractivity contribution in [3.63, 3.8) is 0 Å². The number of nitrogens with one attached hydrogen (secondary N) is 1. The van der Waals surface area contributed by atoms with E-state index in [0.29, 0.717) is 32.7 Å². The predicted octanol–water partition coefficient (Wildman–Crippen LogP) is 2.78. The van der Waals surface area contributed by atoms with Gasteiger partial charge in [-0.05, 0) is 35.7 Å². The molecule has 0 spiro atoms. The lowest BCUT2D eigenvalue weighted by Crippen LogP contribution is -2.56. The first-order valence-corrected chi connectivity index (χ1v) is 12.7. The summed E-state index contributed by atoms with van der Waals surface area (Å²) < 4.78 is 34.2. The van der Waals surface area contributed by atoms with Crippen molar-refractivity contribution in [3.8, 4) is 0 Å². The number of fused-ring (bicyclic) bond motifs is 1. The molecule has 1 amide bonds. The van der Waals surface area contributed by atoms with Crippen LogP contribution in [-0.4, -0.2) is 61.5 Å². The maximum Gasteiger partial charge on any atom is 0.241 e. The summed E-state index contributed by atoms with van der Waals surface area (Å²) in [6.45, 7) is 8.68. The smallest absolute Gasteiger partial charge is 0.241 e. The van der Waals surface area contributed by atoms with Crippen molar-refractivity contribution in [3.05, 3.63) is 60.0 Å². The highest BCUT2D eigenvalue weighted by atomic mass is 32.2. The zero-order valence-electron chi connectivity index (χ0n) is 19.2. The molecule has 4 rings (SSSR count). The molecule has 0 saturated carbocycles. The van der Waals surface area contributed by atoms with Gasteiger partial charge in [0.15, 0.2) is 5.76 Å². The lowest BCUT2D eigenvalue weighted by atomic mass is 10.0. The average Bonchev–Trinajstić information content (AvgIpc) is 3.21. The monoisotopic (exact) mass is 470 g/mol. The number of carbonyl (C=O) groups is 1. The molecule has 2 aromatic carbocycles. The van der Waals surface area contributed by atoms with E-state index >= 15 is 0 Å². The number of sulfonamides is 1. The van der Waals surface area contributed by atoms with Gasteiger partial charge in [-0.25, -0.2) is 8.42 Å². The maximum absolute atomic E-state index is 13.3. The summed E-state index contributed by atoms with van der Waals surface area (Å²) in [7, 11) is -3.86. The summed E-state index contributed by atoms with van der Waals surface area (Å²) >= 11 is 0. The largest absolute Gasteiger partial charge is 0.360 e. The van der Waals surface area contributed by atoms with Gasteiger partial charge >= 0.3 is 0 Å². The molecule has 1 aliphatic heterocycles. The number of aryl methyl sites for hydroxylation is 1. The molecule has 1 saturated heterocycles. The number of aromatic nitrogens is 1. The van der Waals surface area contributed by atoms with Crippen molar-refractivity contribution in [2.45, 2.75) is 38.3 Å². The first kappa shape index (κ1) is 23.4. The quantitative estimate of drug-likeness (QED) is 0.571. The van der Waals surface area contributed by atoms with Crippen LogP contribution in [0.5, 0.6) is 0 Å². The summed E-state index contributed by atoms with van der Waals surface area (Å²) in [5, 5.41) is 5.72. The van der Waals surface area contributed by atoms with E-state index in [1.165, 1.54) is 0 Å². The van der Waals surface area contributed by atoms with Gasteiger partial charge in [0.25, 0.3) is 0 Å². The van der Waals surface area contributed by atoms with Gasteiger partial charge in [-0.1, -0.05) is 49.3 Å². The Balaban J connectivity index is 1.42. The third-order valence-electron chi connectivity index (χ3n) is 5.99. The fourth-order valence-corrected chi connectivity index (χ4v) is 5.45. The van der Waals surface area contributed by atoms with Crippen molar-refractivity contribution in [2.75, 3.05) is 26.2 Å². The Hall–Kier alpha value is -2.75. The average molecular weight is 471 g/mol. The molecule has 0 radical (unpaired) electrons. The van der Waals surface area contributed by atoms with Gasteiger partial charge in [0.1, 0.15) is 6.04 Å². The van der Waals surface area contributed by atoms with E-state index in [2.05, 4.69) is 14.8 Å². The van der Waals surface area contributed by atoms with Crippen LogP contribution in [-0.2, 0) is 21.4 Å². The van der Waals surface area contributed by atoms with Crippen LogP contribution < -0.4 is 4.72 Å². The topological polar surface area (TPSA) is 95.8 Å². The van der Waals surface area contributed by atoms with Crippen LogP contribution in [0.1, 0.15) is 25.3 Å². The number of amides is 1. The van der Waals surface area contributed by atoms with Crippen molar-refractivity contribution in [1.82, 2.24) is 19.7 Å². The van der Waals surface area contributed by atoms with Crippen LogP contribution in [0.4, 0.5) is 0 Å². The van der Waals surface area contributed by atoms with Crippen molar-refractivity contribution < 1.29 is 17.7 Å².